The molecular weight excluding hydrogens is 220 g/mol. The summed E-state index contributed by atoms with van der Waals surface area (Å²) < 4.78 is 1.45. The van der Waals surface area contributed by atoms with Gasteiger partial charge in [0, 0.05) is 0 Å². The summed E-state index contributed by atoms with van der Waals surface area (Å²) >= 11 is 4.64. The van der Waals surface area contributed by atoms with Crippen molar-refractivity contribution in [2.24, 2.45) is 0 Å². The van der Waals surface area contributed by atoms with Crippen molar-refractivity contribution < 1.29 is 0 Å². The van der Waals surface area contributed by atoms with E-state index in [0.717, 1.165) is 0 Å². The Morgan fingerprint density at radius 3 is 2.43 bits per heavy atom. The van der Waals surface area contributed by atoms with E-state index in [1.54, 1.807) is 0 Å². The third-order valence-electron chi connectivity index (χ3n) is 0.740. The van der Waals surface area contributed by atoms with Crippen molar-refractivity contribution in [3.63, 3.8) is 0 Å². The molecule has 0 aromatic heterocycles. The Morgan fingerprint density at radius 2 is 2.29 bits per heavy atom. The van der Waals surface area contributed by atoms with Crippen molar-refractivity contribution in [2.75, 3.05) is 0 Å². The van der Waals surface area contributed by atoms with Crippen molar-refractivity contribution >= 4 is 33.6 Å². The zero-order valence-corrected chi connectivity index (χ0v) is 8.07. The summed E-state index contributed by atoms with van der Waals surface area (Å²) in [4.78, 5) is 2.33. The van der Waals surface area contributed by atoms with Crippen molar-refractivity contribution in [1.82, 2.24) is 0 Å². The van der Waals surface area contributed by atoms with E-state index in [0.29, 0.717) is 26.2 Å². The summed E-state index contributed by atoms with van der Waals surface area (Å²) in [5.74, 6) is 0. The molecule has 0 N–H and O–H groups in total. The Labute approximate surface area is 61.6 Å². The zero-order valence-electron chi connectivity index (χ0n) is 4.85. The number of rotatable bonds is 3. The third-order valence-corrected chi connectivity index (χ3v) is 2.84. The van der Waals surface area contributed by atoms with Gasteiger partial charge in [0.05, 0.1) is 0 Å². The third kappa shape index (κ3) is 7.14. The van der Waals surface area contributed by atoms with Crippen LogP contribution in [0.5, 0.6) is 0 Å². The summed E-state index contributed by atoms with van der Waals surface area (Å²) in [5.41, 5.74) is 0. The average Bonchev–Trinajstić information content (AvgIpc) is 1.61. The molecule has 0 fully saturated rings. The van der Waals surface area contributed by atoms with E-state index < -0.39 is 0 Å². The molecule has 0 aliphatic rings. The molecule has 0 aromatic rings. The zero-order chi connectivity index (χ0) is 5.70. The average molecular weight is 232 g/mol. The molecule has 0 bridgehead atoms. The van der Waals surface area contributed by atoms with Crippen LogP contribution in [-0.2, 0) is 0 Å². The van der Waals surface area contributed by atoms with Crippen molar-refractivity contribution in [3.05, 3.63) is 0 Å². The molecule has 1 unspecified atom stereocenters. The Kier molecular flexibility index (Phi) is 6.14. The second-order valence-corrected chi connectivity index (χ2v) is 5.33. The van der Waals surface area contributed by atoms with Crippen molar-refractivity contribution in [1.29, 1.82) is 0 Å². The van der Waals surface area contributed by atoms with E-state index in [2.05, 4.69) is 24.5 Å². The fourth-order valence-electron chi connectivity index (χ4n) is 0.288. The topological polar surface area (TPSA) is 0 Å². The van der Waals surface area contributed by atoms with Crippen molar-refractivity contribution in [3.8, 4) is 0 Å². The first-order chi connectivity index (χ1) is 3.27. The van der Waals surface area contributed by atoms with Crippen LogP contribution in [0.3, 0.4) is 0 Å². The number of hydrogen-bond acceptors (Lipinski definition) is 1. The Morgan fingerprint density at radius 1 is 1.71 bits per heavy atom. The van der Waals surface area contributed by atoms with Gasteiger partial charge in [-0.25, -0.2) is 0 Å². The predicted molar refractivity (Wildman–Crippen MR) is 39.5 cm³/mol. The molecule has 0 aliphatic heterocycles. The molecular formula is C5H12STe. The Balaban J connectivity index is 2.68. The molecule has 7 heavy (non-hydrogen) atoms. The fraction of sp³-hybridized carbons (Fsp3) is 1.00. The van der Waals surface area contributed by atoms with Gasteiger partial charge in [0.15, 0.2) is 0 Å². The van der Waals surface area contributed by atoms with Gasteiger partial charge < -0.3 is 0 Å². The van der Waals surface area contributed by atoms with Crippen LogP contribution in [0.1, 0.15) is 13.3 Å². The standard InChI is InChI=1S/C5H12STe/c1-5(6)3-4-7-2/h5-6H,3-4H2,1-2H3. The second-order valence-electron chi connectivity index (χ2n) is 1.63. The number of hydrogen-bond donors (Lipinski definition) is 1. The van der Waals surface area contributed by atoms with Crippen LogP contribution >= 0.6 is 12.6 Å². The Bertz CT molecular complexity index is 37.1. The molecule has 0 spiro atoms. The summed E-state index contributed by atoms with van der Waals surface area (Å²) in [6.07, 6.45) is 1.32. The van der Waals surface area contributed by atoms with Gasteiger partial charge in [0.25, 0.3) is 0 Å². The number of thiol groups is 1. The first-order valence-corrected chi connectivity index (χ1v) is 6.94. The van der Waals surface area contributed by atoms with E-state index in [9.17, 15) is 0 Å². The normalized spacial score (nSPS) is 14.1. The SMILES string of the molecule is C[Te]CCC(C)S. The molecule has 1 atom stereocenters. The van der Waals surface area contributed by atoms with E-state index in [1.165, 1.54) is 10.9 Å². The van der Waals surface area contributed by atoms with Gasteiger partial charge >= 0.3 is 61.6 Å². The van der Waals surface area contributed by atoms with Gasteiger partial charge in [0.1, 0.15) is 0 Å². The van der Waals surface area contributed by atoms with Gasteiger partial charge in [0.2, 0.25) is 0 Å². The first-order valence-electron chi connectivity index (χ1n) is 2.44. The Hall–Kier alpha value is 1.14. The second kappa shape index (κ2) is 5.28. The van der Waals surface area contributed by atoms with E-state index >= 15 is 0 Å². The molecule has 0 rings (SSSR count). The van der Waals surface area contributed by atoms with Crippen molar-refractivity contribution in [2.45, 2.75) is 28.0 Å². The maximum atomic E-state index is 4.25. The van der Waals surface area contributed by atoms with Crippen LogP contribution in [0, 0.1) is 0 Å². The summed E-state index contributed by atoms with van der Waals surface area (Å²) in [6.45, 7) is 2.16. The molecule has 0 saturated heterocycles. The van der Waals surface area contributed by atoms with Gasteiger partial charge in [-0.05, 0) is 0 Å². The monoisotopic (exact) mass is 234 g/mol. The molecule has 0 aromatic carbocycles. The molecule has 0 radical (unpaired) electrons. The van der Waals surface area contributed by atoms with Crippen LogP contribution in [0.15, 0.2) is 0 Å². The molecule has 2 heteroatoms. The van der Waals surface area contributed by atoms with Crippen LogP contribution in [0.25, 0.3) is 0 Å². The van der Waals surface area contributed by atoms with E-state index in [4.69, 9.17) is 0 Å². The minimum atomic E-state index is 0.385. The summed E-state index contributed by atoms with van der Waals surface area (Å²) in [7, 11) is 0. The van der Waals surface area contributed by atoms with Crippen LogP contribution < -0.4 is 0 Å². The molecule has 0 heterocycles. The van der Waals surface area contributed by atoms with Gasteiger partial charge in [-0.15, -0.1) is 0 Å². The fourth-order valence-corrected chi connectivity index (χ4v) is 2.64. The van der Waals surface area contributed by atoms with E-state index in [-0.39, 0.29) is 0 Å². The van der Waals surface area contributed by atoms with Crippen LogP contribution in [-0.4, -0.2) is 26.2 Å². The van der Waals surface area contributed by atoms with Gasteiger partial charge in [-0.2, -0.15) is 0 Å². The molecule has 0 amide bonds. The summed E-state index contributed by atoms with van der Waals surface area (Å²) in [5, 5.41) is 0.630. The van der Waals surface area contributed by atoms with Gasteiger partial charge in [-0.1, -0.05) is 0 Å². The van der Waals surface area contributed by atoms with E-state index in [1.807, 2.05) is 0 Å². The molecule has 44 valence electrons. The molecule has 0 nitrogen and oxygen atoms in total. The molecule has 0 aliphatic carbocycles. The minimum absolute atomic E-state index is 0.385. The first kappa shape index (κ1) is 8.14. The van der Waals surface area contributed by atoms with Crippen LogP contribution in [0.2, 0.25) is 9.44 Å². The maximum absolute atomic E-state index is 4.25. The molecule has 0 saturated carbocycles. The van der Waals surface area contributed by atoms with Crippen LogP contribution in [0.4, 0.5) is 0 Å². The predicted octanol–water partition coefficient (Wildman–Crippen LogP) is 1.87. The summed E-state index contributed by atoms with van der Waals surface area (Å²) in [6, 6.07) is 0. The quantitative estimate of drug-likeness (QED) is 0.557. The van der Waals surface area contributed by atoms with Gasteiger partial charge in [-0.3, -0.25) is 0 Å².